The van der Waals surface area contributed by atoms with E-state index >= 15 is 0 Å². The van der Waals surface area contributed by atoms with Gasteiger partial charge >= 0.3 is 0 Å². The van der Waals surface area contributed by atoms with Gasteiger partial charge in [-0.25, -0.2) is 9.97 Å². The second kappa shape index (κ2) is 7.19. The number of allylic oxidation sites excluding steroid dienone is 1. The molecule has 0 fully saturated rings. The summed E-state index contributed by atoms with van der Waals surface area (Å²) in [5.74, 6) is 1.82. The molecule has 4 aromatic rings. The molecule has 0 radical (unpaired) electrons. The minimum absolute atomic E-state index is 0.451. The summed E-state index contributed by atoms with van der Waals surface area (Å²) in [6.07, 6.45) is 6.79. The number of anilines is 2. The number of halogens is 1. The topological polar surface area (TPSA) is 67.0 Å². The molecule has 3 heterocycles. The molecule has 1 N–H and O–H groups in total. The highest BCUT2D eigenvalue weighted by Gasteiger charge is 2.23. The number of aromatic nitrogens is 3. The van der Waals surface area contributed by atoms with Gasteiger partial charge in [0.2, 0.25) is 0 Å². The molecule has 2 aromatic heterocycles. The van der Waals surface area contributed by atoms with Gasteiger partial charge in [-0.1, -0.05) is 17.7 Å². The summed E-state index contributed by atoms with van der Waals surface area (Å²) >= 11 is 11.0. The van der Waals surface area contributed by atoms with Crippen LogP contribution < -0.4 is 9.64 Å². The lowest BCUT2D eigenvalue weighted by Gasteiger charge is -2.29. The van der Waals surface area contributed by atoms with Crippen molar-refractivity contribution < 1.29 is 4.74 Å². The highest BCUT2D eigenvalue weighted by atomic mass is 35.5. The van der Waals surface area contributed by atoms with Crippen LogP contribution in [-0.4, -0.2) is 20.7 Å². The van der Waals surface area contributed by atoms with Crippen LogP contribution in [0, 0.1) is 5.41 Å². The van der Waals surface area contributed by atoms with E-state index in [4.69, 9.17) is 21.7 Å². The summed E-state index contributed by atoms with van der Waals surface area (Å²) in [7, 11) is 0. The Bertz CT molecular complexity index is 1350. The van der Waals surface area contributed by atoms with Crippen molar-refractivity contribution in [2.45, 2.75) is 11.8 Å². The van der Waals surface area contributed by atoms with Gasteiger partial charge in [0.05, 0.1) is 10.5 Å². The third-order valence-electron chi connectivity index (χ3n) is 4.95. The van der Waals surface area contributed by atoms with E-state index in [1.165, 1.54) is 6.21 Å². The highest BCUT2D eigenvalue weighted by Crippen LogP contribution is 2.41. The lowest BCUT2D eigenvalue weighted by molar-refractivity contribution is 0.481. The summed E-state index contributed by atoms with van der Waals surface area (Å²) in [6.45, 7) is 2.02. The molecule has 1 aliphatic rings. The van der Waals surface area contributed by atoms with Crippen molar-refractivity contribution >= 4 is 59.2 Å². The Kier molecular flexibility index (Phi) is 4.49. The van der Waals surface area contributed by atoms with Crippen molar-refractivity contribution in [3.63, 3.8) is 0 Å². The Labute approximate surface area is 183 Å². The second-order valence-electron chi connectivity index (χ2n) is 6.81. The molecule has 0 saturated heterocycles. The van der Waals surface area contributed by atoms with Crippen LogP contribution in [0.1, 0.15) is 12.5 Å². The van der Waals surface area contributed by atoms with Crippen molar-refractivity contribution in [3.05, 3.63) is 71.3 Å². The molecule has 148 valence electrons. The van der Waals surface area contributed by atoms with E-state index in [0.29, 0.717) is 27.0 Å². The first-order valence-corrected chi connectivity index (χ1v) is 9.99. The first kappa shape index (κ1) is 18.7. The molecule has 8 heteroatoms. The molecule has 1 aliphatic heterocycles. The van der Waals surface area contributed by atoms with Crippen LogP contribution in [0.25, 0.3) is 17.2 Å². The predicted octanol–water partition coefficient (Wildman–Crippen LogP) is 6.13. The Morgan fingerprint density at radius 2 is 2.00 bits per heavy atom. The van der Waals surface area contributed by atoms with Crippen LogP contribution in [0.3, 0.4) is 0 Å². The lowest BCUT2D eigenvalue weighted by Crippen LogP contribution is -2.20. The van der Waals surface area contributed by atoms with Crippen molar-refractivity contribution in [2.24, 2.45) is 0 Å². The standard InChI is InChI=1S/C22H16ClN5OS/c1-13-11-27-8-7-17-21(27)22(26-12-25-17)28(13)14-5-6-19(16(23)9-14)29-18-3-2-4-20(30)15(18)10-24/h2-12,24,30H,1H3. The number of hydrogen-bond donors (Lipinski definition) is 2. The number of thiol groups is 1. The lowest BCUT2D eigenvalue weighted by atomic mass is 10.2. The third-order valence-corrected chi connectivity index (χ3v) is 5.64. The monoisotopic (exact) mass is 433 g/mol. The van der Waals surface area contributed by atoms with E-state index in [2.05, 4.69) is 22.6 Å². The number of nitrogens with zero attached hydrogens (tertiary/aromatic N) is 4. The van der Waals surface area contributed by atoms with Gasteiger partial charge < -0.3 is 14.7 Å². The number of rotatable bonds is 4. The van der Waals surface area contributed by atoms with E-state index in [0.717, 1.165) is 28.2 Å². The maximum Gasteiger partial charge on any atom is 0.165 e. The van der Waals surface area contributed by atoms with Crippen LogP contribution in [0.4, 0.5) is 11.5 Å². The van der Waals surface area contributed by atoms with E-state index in [1.54, 1.807) is 12.4 Å². The first-order chi connectivity index (χ1) is 14.6. The molecule has 0 spiro atoms. The minimum atomic E-state index is 0.451. The van der Waals surface area contributed by atoms with Crippen molar-refractivity contribution in [2.75, 3.05) is 4.90 Å². The zero-order chi connectivity index (χ0) is 20.8. The second-order valence-corrected chi connectivity index (χ2v) is 7.70. The van der Waals surface area contributed by atoms with Gasteiger partial charge in [-0.15, -0.1) is 12.6 Å². The summed E-state index contributed by atoms with van der Waals surface area (Å²) in [5.41, 5.74) is 4.28. The maximum atomic E-state index is 7.62. The van der Waals surface area contributed by atoms with Gasteiger partial charge in [0, 0.05) is 40.5 Å². The average Bonchev–Trinajstić information content (AvgIpc) is 3.14. The van der Waals surface area contributed by atoms with E-state index < -0.39 is 0 Å². The zero-order valence-corrected chi connectivity index (χ0v) is 17.5. The van der Waals surface area contributed by atoms with Crippen LogP contribution >= 0.6 is 24.2 Å². The van der Waals surface area contributed by atoms with E-state index in [1.807, 2.05) is 65.2 Å². The Morgan fingerprint density at radius 1 is 1.13 bits per heavy atom. The summed E-state index contributed by atoms with van der Waals surface area (Å²) in [4.78, 5) is 11.6. The van der Waals surface area contributed by atoms with Crippen LogP contribution in [-0.2, 0) is 0 Å². The highest BCUT2D eigenvalue weighted by molar-refractivity contribution is 7.80. The van der Waals surface area contributed by atoms with Crippen LogP contribution in [0.15, 0.2) is 65.6 Å². The molecule has 0 unspecified atom stereocenters. The summed E-state index contributed by atoms with van der Waals surface area (Å²) in [5, 5.41) is 8.07. The molecule has 0 aliphatic carbocycles. The molecule has 6 nitrogen and oxygen atoms in total. The zero-order valence-electron chi connectivity index (χ0n) is 15.9. The van der Waals surface area contributed by atoms with Gasteiger partial charge in [-0.3, -0.25) is 4.90 Å². The van der Waals surface area contributed by atoms with Crippen LogP contribution in [0.5, 0.6) is 11.5 Å². The van der Waals surface area contributed by atoms with Gasteiger partial charge in [0.15, 0.2) is 5.82 Å². The molecule has 5 rings (SSSR count). The minimum Gasteiger partial charge on any atom is -0.455 e. The molecule has 0 amide bonds. The van der Waals surface area contributed by atoms with Crippen molar-refractivity contribution in [1.29, 1.82) is 5.41 Å². The van der Waals surface area contributed by atoms with Gasteiger partial charge in [-0.05, 0) is 43.3 Å². The molecular formula is C22H16ClN5OS. The fraction of sp³-hybridized carbons (Fsp3) is 0.0455. The maximum absolute atomic E-state index is 7.62. The smallest absolute Gasteiger partial charge is 0.165 e. The number of nitrogens with one attached hydrogen (secondary N) is 1. The summed E-state index contributed by atoms with van der Waals surface area (Å²) < 4.78 is 8.01. The quantitative estimate of drug-likeness (QED) is 0.300. The van der Waals surface area contributed by atoms with Crippen molar-refractivity contribution in [1.82, 2.24) is 14.5 Å². The Balaban J connectivity index is 1.54. The van der Waals surface area contributed by atoms with E-state index in [9.17, 15) is 0 Å². The molecule has 2 aromatic carbocycles. The fourth-order valence-corrected chi connectivity index (χ4v) is 4.07. The predicted molar refractivity (Wildman–Crippen MR) is 123 cm³/mol. The molecule has 30 heavy (non-hydrogen) atoms. The molecule has 0 atom stereocenters. The van der Waals surface area contributed by atoms with E-state index in [-0.39, 0.29) is 0 Å². The van der Waals surface area contributed by atoms with Crippen LogP contribution in [0.2, 0.25) is 5.02 Å². The van der Waals surface area contributed by atoms with Gasteiger partial charge in [0.1, 0.15) is 23.3 Å². The third kappa shape index (κ3) is 2.94. The number of ether oxygens (including phenoxy) is 1. The van der Waals surface area contributed by atoms with Crippen molar-refractivity contribution in [3.8, 4) is 11.5 Å². The first-order valence-electron chi connectivity index (χ1n) is 9.17. The molecule has 0 bridgehead atoms. The van der Waals surface area contributed by atoms with Gasteiger partial charge in [0.25, 0.3) is 0 Å². The molecular weight excluding hydrogens is 418 g/mol. The summed E-state index contributed by atoms with van der Waals surface area (Å²) in [6, 6.07) is 13.0. The van der Waals surface area contributed by atoms with Gasteiger partial charge in [-0.2, -0.15) is 0 Å². The normalized spacial score (nSPS) is 12.8. The Morgan fingerprint density at radius 3 is 2.80 bits per heavy atom. The average molecular weight is 434 g/mol. The number of benzene rings is 2. The molecule has 0 saturated carbocycles. The fourth-order valence-electron chi connectivity index (χ4n) is 3.60. The largest absolute Gasteiger partial charge is 0.455 e. The SMILES string of the molecule is CC1=Cn2ccc3ncnc(c32)N1c1ccc(Oc2cccc(S)c2C=N)c(Cl)c1. The Hall–Kier alpha value is -3.29. The number of hydrogen-bond acceptors (Lipinski definition) is 6.